The third-order valence-corrected chi connectivity index (χ3v) is 5.53. The largest absolute Gasteiger partial charge is 0.461 e. The zero-order chi connectivity index (χ0) is 19.3. The van der Waals surface area contributed by atoms with E-state index in [1.165, 1.54) is 38.4 Å². The predicted octanol–water partition coefficient (Wildman–Crippen LogP) is 1.15. The maximum absolute atomic E-state index is 12.3. The van der Waals surface area contributed by atoms with Crippen LogP contribution in [0.4, 0.5) is 5.00 Å². The molecule has 12 heteroatoms. The normalized spacial score (nSPS) is 11.4. The van der Waals surface area contributed by atoms with Crippen molar-refractivity contribution in [2.45, 2.75) is 11.8 Å². The van der Waals surface area contributed by atoms with E-state index in [4.69, 9.17) is 4.74 Å². The van der Waals surface area contributed by atoms with Crippen LogP contribution in [0.25, 0.3) is 0 Å². The van der Waals surface area contributed by atoms with Crippen LogP contribution in [0.2, 0.25) is 0 Å². The lowest BCUT2D eigenvalue weighted by atomic mass is 10.2. The standard InChI is InChI=1S/C14H16N4O6S2/c1-4-24-14(20)11-13(25-17-16-11)15-12(19)9-5-7-10(8-6-9)26(21,22)18(2)23-3/h5-8H,4H2,1-3H3,(H,15,19). The van der Waals surface area contributed by atoms with Crippen LogP contribution in [0, 0.1) is 0 Å². The first kappa shape index (κ1) is 19.9. The molecular weight excluding hydrogens is 384 g/mol. The minimum absolute atomic E-state index is 0.0370. The first-order valence-corrected chi connectivity index (χ1v) is 9.46. The highest BCUT2D eigenvalue weighted by atomic mass is 32.2. The minimum atomic E-state index is -3.81. The molecule has 1 heterocycles. The second kappa shape index (κ2) is 8.31. The monoisotopic (exact) mass is 400 g/mol. The fourth-order valence-electron chi connectivity index (χ4n) is 1.81. The summed E-state index contributed by atoms with van der Waals surface area (Å²) in [7, 11) is -1.33. The topological polar surface area (TPSA) is 128 Å². The first-order chi connectivity index (χ1) is 12.3. The van der Waals surface area contributed by atoms with Gasteiger partial charge in [0.2, 0.25) is 5.69 Å². The van der Waals surface area contributed by atoms with E-state index in [9.17, 15) is 18.0 Å². The Bertz CT molecular complexity index is 894. The Hall–Kier alpha value is -2.41. The van der Waals surface area contributed by atoms with E-state index in [2.05, 4.69) is 19.7 Å². The molecule has 0 radical (unpaired) electrons. The van der Waals surface area contributed by atoms with Crippen LogP contribution in [0.1, 0.15) is 27.8 Å². The number of rotatable bonds is 7. The maximum Gasteiger partial charge on any atom is 0.362 e. The molecule has 0 saturated heterocycles. The van der Waals surface area contributed by atoms with Crippen LogP contribution in [-0.4, -0.2) is 55.1 Å². The summed E-state index contributed by atoms with van der Waals surface area (Å²) in [5.74, 6) is -1.24. The molecule has 0 bridgehead atoms. The lowest BCUT2D eigenvalue weighted by Crippen LogP contribution is -2.25. The van der Waals surface area contributed by atoms with Crippen molar-refractivity contribution in [2.75, 3.05) is 26.1 Å². The van der Waals surface area contributed by atoms with E-state index in [1.807, 2.05) is 0 Å². The number of hydrogen-bond acceptors (Lipinski definition) is 9. The molecule has 0 saturated carbocycles. The molecule has 1 amide bonds. The number of ether oxygens (including phenoxy) is 1. The van der Waals surface area contributed by atoms with Crippen molar-refractivity contribution in [1.82, 2.24) is 14.1 Å². The maximum atomic E-state index is 12.3. The van der Waals surface area contributed by atoms with Crippen LogP contribution in [0.5, 0.6) is 0 Å². The van der Waals surface area contributed by atoms with Crippen molar-refractivity contribution in [3.63, 3.8) is 0 Å². The lowest BCUT2D eigenvalue weighted by molar-refractivity contribution is -0.0258. The molecule has 140 valence electrons. The average molecular weight is 400 g/mol. The molecule has 0 aliphatic rings. The summed E-state index contributed by atoms with van der Waals surface area (Å²) in [6.07, 6.45) is 0. The van der Waals surface area contributed by atoms with Gasteiger partial charge in [0.1, 0.15) is 0 Å². The fourth-order valence-corrected chi connectivity index (χ4v) is 3.33. The third-order valence-electron chi connectivity index (χ3n) is 3.19. The van der Waals surface area contributed by atoms with E-state index in [-0.39, 0.29) is 27.8 Å². The van der Waals surface area contributed by atoms with Gasteiger partial charge >= 0.3 is 5.97 Å². The number of anilines is 1. The number of esters is 1. The van der Waals surface area contributed by atoms with Crippen LogP contribution >= 0.6 is 11.5 Å². The van der Waals surface area contributed by atoms with E-state index in [0.717, 1.165) is 11.5 Å². The Kier molecular flexibility index (Phi) is 6.37. The average Bonchev–Trinajstić information content (AvgIpc) is 3.09. The predicted molar refractivity (Wildman–Crippen MR) is 92.2 cm³/mol. The van der Waals surface area contributed by atoms with E-state index >= 15 is 0 Å². The summed E-state index contributed by atoms with van der Waals surface area (Å²) in [5, 5.41) is 6.29. The molecule has 1 aromatic carbocycles. The van der Waals surface area contributed by atoms with Gasteiger partial charge in [0, 0.05) is 24.1 Å². The van der Waals surface area contributed by atoms with Crippen molar-refractivity contribution in [3.05, 3.63) is 35.5 Å². The number of nitrogens with zero attached hydrogens (tertiary/aromatic N) is 3. The zero-order valence-electron chi connectivity index (χ0n) is 14.1. The Morgan fingerprint density at radius 1 is 1.27 bits per heavy atom. The van der Waals surface area contributed by atoms with Gasteiger partial charge in [0.25, 0.3) is 15.9 Å². The highest BCUT2D eigenvalue weighted by Crippen LogP contribution is 2.20. The Labute approximate surface area is 153 Å². The molecule has 0 atom stereocenters. The Morgan fingerprint density at radius 2 is 1.92 bits per heavy atom. The molecule has 1 N–H and O–H groups in total. The Balaban J connectivity index is 2.17. The third kappa shape index (κ3) is 4.22. The summed E-state index contributed by atoms with van der Waals surface area (Å²) in [6, 6.07) is 5.22. The number of carbonyl (C=O) groups is 2. The number of aromatic nitrogens is 2. The first-order valence-electron chi connectivity index (χ1n) is 7.25. The van der Waals surface area contributed by atoms with Gasteiger partial charge in [-0.3, -0.25) is 9.63 Å². The summed E-state index contributed by atoms with van der Waals surface area (Å²) in [5.41, 5.74) is 0.0957. The number of benzene rings is 1. The molecule has 0 aliphatic heterocycles. The number of carbonyl (C=O) groups excluding carboxylic acids is 2. The van der Waals surface area contributed by atoms with Crippen molar-refractivity contribution in [2.24, 2.45) is 0 Å². The molecule has 2 rings (SSSR count). The number of hydrogen-bond donors (Lipinski definition) is 1. The Morgan fingerprint density at radius 3 is 2.50 bits per heavy atom. The highest BCUT2D eigenvalue weighted by Gasteiger charge is 2.22. The number of sulfonamides is 1. The molecular formula is C14H16N4O6S2. The summed E-state index contributed by atoms with van der Waals surface area (Å²) >= 11 is 0.828. The SMILES string of the molecule is CCOC(=O)c1nnsc1NC(=O)c1ccc(S(=O)(=O)N(C)OC)cc1. The van der Waals surface area contributed by atoms with E-state index in [1.54, 1.807) is 6.92 Å². The number of amides is 1. The van der Waals surface area contributed by atoms with Crippen molar-refractivity contribution < 1.29 is 27.6 Å². The minimum Gasteiger partial charge on any atom is -0.461 e. The second-order valence-electron chi connectivity index (χ2n) is 4.75. The van der Waals surface area contributed by atoms with Crippen molar-refractivity contribution in [3.8, 4) is 0 Å². The molecule has 0 aliphatic carbocycles. The number of hydroxylamine groups is 1. The zero-order valence-corrected chi connectivity index (χ0v) is 15.8. The van der Waals surface area contributed by atoms with Gasteiger partial charge in [-0.25, -0.2) is 13.2 Å². The summed E-state index contributed by atoms with van der Waals surface area (Å²) in [6.45, 7) is 1.81. The van der Waals surface area contributed by atoms with E-state index < -0.39 is 21.9 Å². The summed E-state index contributed by atoms with van der Waals surface area (Å²) in [4.78, 5) is 28.7. The van der Waals surface area contributed by atoms with Gasteiger partial charge in [-0.2, -0.15) is 0 Å². The molecule has 0 unspecified atom stereocenters. The second-order valence-corrected chi connectivity index (χ2v) is 7.44. The number of nitrogens with one attached hydrogen (secondary N) is 1. The molecule has 0 spiro atoms. The lowest BCUT2D eigenvalue weighted by Gasteiger charge is -2.14. The van der Waals surface area contributed by atoms with Gasteiger partial charge < -0.3 is 10.1 Å². The molecule has 26 heavy (non-hydrogen) atoms. The molecule has 2 aromatic rings. The van der Waals surface area contributed by atoms with Gasteiger partial charge in [-0.1, -0.05) is 8.96 Å². The highest BCUT2D eigenvalue weighted by molar-refractivity contribution is 7.89. The quantitative estimate of drug-likeness (QED) is 0.541. The van der Waals surface area contributed by atoms with Crippen molar-refractivity contribution in [1.29, 1.82) is 0 Å². The van der Waals surface area contributed by atoms with Crippen molar-refractivity contribution >= 4 is 38.4 Å². The summed E-state index contributed by atoms with van der Waals surface area (Å²) < 4.78 is 33.4. The van der Waals surface area contributed by atoms with Gasteiger partial charge in [-0.05, 0) is 31.2 Å². The molecule has 10 nitrogen and oxygen atoms in total. The molecule has 1 aromatic heterocycles. The van der Waals surface area contributed by atoms with E-state index in [0.29, 0.717) is 4.47 Å². The fraction of sp³-hybridized carbons (Fsp3) is 0.286. The van der Waals surface area contributed by atoms with Crippen LogP contribution in [0.3, 0.4) is 0 Å². The molecule has 0 fully saturated rings. The smallest absolute Gasteiger partial charge is 0.362 e. The van der Waals surface area contributed by atoms with Crippen LogP contribution < -0.4 is 5.32 Å². The van der Waals surface area contributed by atoms with Crippen LogP contribution in [0.15, 0.2) is 29.2 Å². The van der Waals surface area contributed by atoms with Crippen LogP contribution in [-0.2, 0) is 19.6 Å². The van der Waals surface area contributed by atoms with Gasteiger partial charge in [-0.15, -0.1) is 5.10 Å². The van der Waals surface area contributed by atoms with Gasteiger partial charge in [0.15, 0.2) is 5.00 Å². The van der Waals surface area contributed by atoms with Gasteiger partial charge in [0.05, 0.1) is 18.6 Å².